The summed E-state index contributed by atoms with van der Waals surface area (Å²) in [7, 11) is 1.82. The average molecular weight is 205 g/mol. The Labute approximate surface area is 91.6 Å². The van der Waals surface area contributed by atoms with Crippen molar-refractivity contribution < 1.29 is 4.74 Å². The number of nitrogens with one attached hydrogen (secondary N) is 1. The molecule has 0 aliphatic carbocycles. The van der Waals surface area contributed by atoms with Gasteiger partial charge in [-0.25, -0.2) is 0 Å². The van der Waals surface area contributed by atoms with Crippen LogP contribution in [0.5, 0.6) is 0 Å². The van der Waals surface area contributed by atoms with Crippen LogP contribution in [0, 0.1) is 6.92 Å². The Hall–Kier alpha value is -0.860. The third kappa shape index (κ3) is 2.39. The highest BCUT2D eigenvalue weighted by Gasteiger charge is 2.33. The van der Waals surface area contributed by atoms with Gasteiger partial charge < -0.3 is 10.1 Å². The van der Waals surface area contributed by atoms with E-state index in [9.17, 15) is 0 Å². The number of aryl methyl sites for hydroxylation is 1. The average Bonchev–Trinajstić information content (AvgIpc) is 2.67. The van der Waals surface area contributed by atoms with Crippen LogP contribution in [-0.4, -0.2) is 25.8 Å². The van der Waals surface area contributed by atoms with E-state index < -0.39 is 0 Å². The molecule has 2 heteroatoms. The van der Waals surface area contributed by atoms with Crippen LogP contribution >= 0.6 is 0 Å². The summed E-state index contributed by atoms with van der Waals surface area (Å²) < 4.78 is 5.68. The van der Waals surface area contributed by atoms with Crippen molar-refractivity contribution >= 4 is 0 Å². The van der Waals surface area contributed by atoms with Gasteiger partial charge in [-0.1, -0.05) is 29.8 Å². The van der Waals surface area contributed by atoms with Crippen LogP contribution in [0.4, 0.5) is 0 Å². The fourth-order valence-electron chi connectivity index (χ4n) is 2.31. The minimum Gasteiger partial charge on any atom is -0.377 e. The summed E-state index contributed by atoms with van der Waals surface area (Å²) in [5.41, 5.74) is 2.72. The fourth-order valence-corrected chi connectivity index (χ4v) is 2.31. The third-order valence-corrected chi connectivity index (χ3v) is 3.25. The lowest BCUT2D eigenvalue weighted by Gasteiger charge is -2.26. The first-order valence-electron chi connectivity index (χ1n) is 5.56. The molecule has 1 aromatic rings. The molecule has 1 saturated heterocycles. The van der Waals surface area contributed by atoms with Gasteiger partial charge in [-0.05, 0) is 25.5 Å². The molecule has 1 aromatic carbocycles. The molecule has 1 N–H and O–H groups in total. The highest BCUT2D eigenvalue weighted by atomic mass is 16.5. The fraction of sp³-hybridized carbons (Fsp3) is 0.538. The summed E-state index contributed by atoms with van der Waals surface area (Å²) >= 11 is 0. The molecule has 1 atom stereocenters. The predicted molar refractivity (Wildman–Crippen MR) is 62.1 cm³/mol. The molecule has 2 rings (SSSR count). The quantitative estimate of drug-likeness (QED) is 0.814. The van der Waals surface area contributed by atoms with Crippen LogP contribution in [-0.2, 0) is 11.2 Å². The normalized spacial score (nSPS) is 25.7. The summed E-state index contributed by atoms with van der Waals surface area (Å²) in [6, 6.07) is 8.69. The van der Waals surface area contributed by atoms with Crippen molar-refractivity contribution in [1.29, 1.82) is 0 Å². The van der Waals surface area contributed by atoms with Crippen LogP contribution in [0.25, 0.3) is 0 Å². The number of methoxy groups -OCH3 is 1. The Balaban J connectivity index is 2.12. The maximum atomic E-state index is 5.68. The van der Waals surface area contributed by atoms with Crippen molar-refractivity contribution in [2.24, 2.45) is 0 Å². The highest BCUT2D eigenvalue weighted by Crippen LogP contribution is 2.24. The monoisotopic (exact) mass is 205 g/mol. The minimum absolute atomic E-state index is 0.0216. The first kappa shape index (κ1) is 10.7. The maximum Gasteiger partial charge on any atom is 0.0854 e. The summed E-state index contributed by atoms with van der Waals surface area (Å²) in [6.07, 6.45) is 2.12. The van der Waals surface area contributed by atoms with Crippen LogP contribution in [0.3, 0.4) is 0 Å². The van der Waals surface area contributed by atoms with Gasteiger partial charge in [0, 0.05) is 20.1 Å². The van der Waals surface area contributed by atoms with E-state index in [2.05, 4.69) is 36.5 Å². The van der Waals surface area contributed by atoms with Crippen LogP contribution < -0.4 is 5.32 Å². The minimum atomic E-state index is 0.0216. The number of rotatable bonds is 3. The van der Waals surface area contributed by atoms with Gasteiger partial charge >= 0.3 is 0 Å². The van der Waals surface area contributed by atoms with E-state index in [-0.39, 0.29) is 5.60 Å². The molecule has 0 amide bonds. The van der Waals surface area contributed by atoms with Gasteiger partial charge in [-0.3, -0.25) is 0 Å². The topological polar surface area (TPSA) is 21.3 Å². The molecule has 82 valence electrons. The van der Waals surface area contributed by atoms with E-state index in [1.54, 1.807) is 0 Å². The molecular weight excluding hydrogens is 186 g/mol. The number of benzene rings is 1. The zero-order chi connectivity index (χ0) is 10.7. The number of ether oxygens (including phenoxy) is 1. The van der Waals surface area contributed by atoms with Crippen molar-refractivity contribution in [3.63, 3.8) is 0 Å². The van der Waals surface area contributed by atoms with Crippen molar-refractivity contribution in [2.75, 3.05) is 20.2 Å². The Morgan fingerprint density at radius 1 is 1.47 bits per heavy atom. The highest BCUT2D eigenvalue weighted by molar-refractivity contribution is 5.24. The zero-order valence-electron chi connectivity index (χ0n) is 9.55. The van der Waals surface area contributed by atoms with Gasteiger partial charge in [-0.2, -0.15) is 0 Å². The van der Waals surface area contributed by atoms with Gasteiger partial charge in [0.1, 0.15) is 0 Å². The van der Waals surface area contributed by atoms with Crippen molar-refractivity contribution in [3.8, 4) is 0 Å². The van der Waals surface area contributed by atoms with E-state index in [1.165, 1.54) is 11.1 Å². The molecule has 1 fully saturated rings. The van der Waals surface area contributed by atoms with Gasteiger partial charge in [0.2, 0.25) is 0 Å². The van der Waals surface area contributed by atoms with Gasteiger partial charge in [0.05, 0.1) is 5.60 Å². The van der Waals surface area contributed by atoms with Crippen LogP contribution in [0.1, 0.15) is 17.5 Å². The van der Waals surface area contributed by atoms with E-state index in [0.717, 1.165) is 25.9 Å². The van der Waals surface area contributed by atoms with Crippen molar-refractivity contribution in [2.45, 2.75) is 25.4 Å². The zero-order valence-corrected chi connectivity index (χ0v) is 9.55. The molecule has 15 heavy (non-hydrogen) atoms. The van der Waals surface area contributed by atoms with Gasteiger partial charge in [0.25, 0.3) is 0 Å². The van der Waals surface area contributed by atoms with E-state index in [1.807, 2.05) is 7.11 Å². The molecule has 0 saturated carbocycles. The van der Waals surface area contributed by atoms with Crippen LogP contribution in [0.15, 0.2) is 24.3 Å². The SMILES string of the molecule is COC1(Cc2cccc(C)c2)CCNC1. The lowest BCUT2D eigenvalue weighted by atomic mass is 9.93. The van der Waals surface area contributed by atoms with E-state index >= 15 is 0 Å². The molecule has 2 nitrogen and oxygen atoms in total. The summed E-state index contributed by atoms with van der Waals surface area (Å²) in [6.45, 7) is 4.17. The van der Waals surface area contributed by atoms with Crippen LogP contribution in [0.2, 0.25) is 0 Å². The molecule has 0 bridgehead atoms. The Bertz CT molecular complexity index is 329. The Morgan fingerprint density at radius 2 is 2.33 bits per heavy atom. The van der Waals surface area contributed by atoms with E-state index in [4.69, 9.17) is 4.74 Å². The smallest absolute Gasteiger partial charge is 0.0854 e. The first-order chi connectivity index (χ1) is 7.24. The van der Waals surface area contributed by atoms with Crippen molar-refractivity contribution in [3.05, 3.63) is 35.4 Å². The molecule has 0 aromatic heterocycles. The first-order valence-corrected chi connectivity index (χ1v) is 5.56. The van der Waals surface area contributed by atoms with E-state index in [0.29, 0.717) is 0 Å². The lowest BCUT2D eigenvalue weighted by molar-refractivity contribution is 0.00775. The second-order valence-electron chi connectivity index (χ2n) is 4.48. The largest absolute Gasteiger partial charge is 0.377 e. The maximum absolute atomic E-state index is 5.68. The number of hydrogen-bond acceptors (Lipinski definition) is 2. The van der Waals surface area contributed by atoms with Gasteiger partial charge in [0.15, 0.2) is 0 Å². The second kappa shape index (κ2) is 4.33. The standard InChI is InChI=1S/C13H19NO/c1-11-4-3-5-12(8-11)9-13(15-2)6-7-14-10-13/h3-5,8,14H,6-7,9-10H2,1-2H3. The summed E-state index contributed by atoms with van der Waals surface area (Å²) in [4.78, 5) is 0. The molecular formula is C13H19NO. The molecule has 1 aliphatic heterocycles. The lowest BCUT2D eigenvalue weighted by Crippen LogP contribution is -2.36. The Kier molecular flexibility index (Phi) is 3.08. The Morgan fingerprint density at radius 3 is 2.93 bits per heavy atom. The molecule has 0 spiro atoms. The molecule has 1 unspecified atom stereocenters. The summed E-state index contributed by atoms with van der Waals surface area (Å²) in [5, 5.41) is 3.37. The number of hydrogen-bond donors (Lipinski definition) is 1. The summed E-state index contributed by atoms with van der Waals surface area (Å²) in [5.74, 6) is 0. The molecule has 1 heterocycles. The molecule has 1 aliphatic rings. The van der Waals surface area contributed by atoms with Gasteiger partial charge in [-0.15, -0.1) is 0 Å². The van der Waals surface area contributed by atoms with Crippen molar-refractivity contribution in [1.82, 2.24) is 5.32 Å². The predicted octanol–water partition coefficient (Wildman–Crippen LogP) is 1.92. The molecule has 0 radical (unpaired) electrons. The second-order valence-corrected chi connectivity index (χ2v) is 4.48. The third-order valence-electron chi connectivity index (χ3n) is 3.25.